The largest absolute Gasteiger partial charge is 0.340 e. The Bertz CT molecular complexity index is 226. The monoisotopic (exact) mass is 166 g/mol. The van der Waals surface area contributed by atoms with Crippen molar-refractivity contribution in [2.45, 2.75) is 0 Å². The summed E-state index contributed by atoms with van der Waals surface area (Å²) in [5.74, 6) is 0.163. The van der Waals surface area contributed by atoms with E-state index >= 15 is 0 Å². The second kappa shape index (κ2) is 6.12. The molecule has 0 radical (unpaired) electrons. The molecule has 12 heavy (non-hydrogen) atoms. The van der Waals surface area contributed by atoms with Crippen LogP contribution in [0.2, 0.25) is 0 Å². The van der Waals surface area contributed by atoms with Crippen molar-refractivity contribution < 1.29 is 14.9 Å². The number of carbonyl (C=O) groups excluding carboxylic acids is 1. The van der Waals surface area contributed by atoms with E-state index < -0.39 is 0 Å². The molecule has 0 spiro atoms. The second-order valence-electron chi connectivity index (χ2n) is 1.85. The molecule has 0 amide bonds. The number of aldehydes is 1. The van der Waals surface area contributed by atoms with Crippen LogP contribution in [-0.4, -0.2) is 11.5 Å². The molecule has 3 heteroatoms. The second-order valence-corrected chi connectivity index (χ2v) is 1.85. The van der Waals surface area contributed by atoms with Gasteiger partial charge in [0.15, 0.2) is 5.76 Å². The zero-order valence-electron chi connectivity index (χ0n) is 6.56. The van der Waals surface area contributed by atoms with E-state index in [9.17, 15) is 4.79 Å². The molecule has 0 saturated carbocycles. The first-order valence-corrected chi connectivity index (χ1v) is 3.22. The van der Waals surface area contributed by atoms with Crippen molar-refractivity contribution in [3.05, 3.63) is 48.8 Å². The van der Waals surface area contributed by atoms with Crippen molar-refractivity contribution in [3.8, 4) is 0 Å². The van der Waals surface area contributed by atoms with E-state index in [0.29, 0.717) is 11.9 Å². The molecule has 0 heterocycles. The lowest BCUT2D eigenvalue weighted by atomic mass is 10.2. The minimum absolute atomic E-state index is 0.163. The van der Waals surface area contributed by atoms with Gasteiger partial charge < -0.3 is 4.89 Å². The van der Waals surface area contributed by atoms with E-state index in [2.05, 4.69) is 18.0 Å². The van der Waals surface area contributed by atoms with Crippen LogP contribution in [0.1, 0.15) is 0 Å². The highest BCUT2D eigenvalue weighted by molar-refractivity contribution is 5.77. The number of hydrogen-bond acceptors (Lipinski definition) is 3. The summed E-state index contributed by atoms with van der Waals surface area (Å²) in [7, 11) is 0. The highest BCUT2D eigenvalue weighted by Gasteiger charge is 1.88. The molecule has 0 bridgehead atoms. The van der Waals surface area contributed by atoms with E-state index in [1.54, 1.807) is 0 Å². The summed E-state index contributed by atoms with van der Waals surface area (Å²) in [6.45, 7) is 6.77. The van der Waals surface area contributed by atoms with Gasteiger partial charge in [-0.3, -0.25) is 4.79 Å². The maximum atomic E-state index is 10.2. The highest BCUT2D eigenvalue weighted by atomic mass is 17.1. The minimum atomic E-state index is 0.163. The quantitative estimate of drug-likeness (QED) is 0.169. The van der Waals surface area contributed by atoms with Gasteiger partial charge in [0.05, 0.1) is 0 Å². The Morgan fingerprint density at radius 1 is 1.25 bits per heavy atom. The lowest BCUT2D eigenvalue weighted by Gasteiger charge is -1.92. The number of rotatable bonds is 5. The average Bonchev–Trinajstić information content (AvgIpc) is 2.13. The zero-order chi connectivity index (χ0) is 9.40. The predicted octanol–water partition coefficient (Wildman–Crippen LogP) is 1.86. The highest BCUT2D eigenvalue weighted by Crippen LogP contribution is 1.98. The molecule has 0 aromatic carbocycles. The lowest BCUT2D eigenvalue weighted by molar-refractivity contribution is -0.198. The van der Waals surface area contributed by atoms with Gasteiger partial charge in [0.25, 0.3) is 0 Å². The molecule has 0 atom stereocenters. The first kappa shape index (κ1) is 10.4. The Morgan fingerprint density at radius 2 is 1.92 bits per heavy atom. The van der Waals surface area contributed by atoms with Crippen LogP contribution in [0.15, 0.2) is 48.8 Å². The van der Waals surface area contributed by atoms with Crippen LogP contribution in [0.5, 0.6) is 0 Å². The van der Waals surface area contributed by atoms with Gasteiger partial charge in [-0.05, 0) is 18.2 Å². The molecule has 3 nitrogen and oxygen atoms in total. The molecular weight excluding hydrogens is 156 g/mol. The van der Waals surface area contributed by atoms with E-state index in [1.807, 2.05) is 0 Å². The number of carbonyl (C=O) groups is 1. The van der Waals surface area contributed by atoms with Crippen molar-refractivity contribution in [2.75, 3.05) is 0 Å². The molecule has 0 rings (SSSR count). The molecule has 0 saturated heterocycles. The van der Waals surface area contributed by atoms with Crippen LogP contribution in [0.25, 0.3) is 0 Å². The van der Waals surface area contributed by atoms with E-state index in [4.69, 9.17) is 5.26 Å². The van der Waals surface area contributed by atoms with Crippen molar-refractivity contribution in [1.82, 2.24) is 0 Å². The van der Waals surface area contributed by atoms with Crippen molar-refractivity contribution in [2.24, 2.45) is 0 Å². The average molecular weight is 166 g/mol. The van der Waals surface area contributed by atoms with Gasteiger partial charge in [0, 0.05) is 5.57 Å². The molecular formula is C9H10O3. The fourth-order valence-electron chi connectivity index (χ4n) is 0.470. The van der Waals surface area contributed by atoms with Gasteiger partial charge in [-0.15, -0.1) is 0 Å². The van der Waals surface area contributed by atoms with Crippen LogP contribution >= 0.6 is 0 Å². The van der Waals surface area contributed by atoms with E-state index in [0.717, 1.165) is 0 Å². The molecule has 0 aromatic rings. The third-order valence-corrected chi connectivity index (χ3v) is 1.12. The summed E-state index contributed by atoms with van der Waals surface area (Å²) in [4.78, 5) is 14.1. The Morgan fingerprint density at radius 3 is 2.25 bits per heavy atom. The summed E-state index contributed by atoms with van der Waals surface area (Å²) in [5, 5.41) is 8.20. The van der Waals surface area contributed by atoms with Gasteiger partial charge in [0.1, 0.15) is 6.29 Å². The smallest absolute Gasteiger partial charge is 0.164 e. The normalized spacial score (nSPS) is 12.1. The topological polar surface area (TPSA) is 46.5 Å². The SMILES string of the molecule is C=C/C(C=O)=C\C=C(/C=C)OO. The molecule has 0 fully saturated rings. The van der Waals surface area contributed by atoms with Crippen LogP contribution in [-0.2, 0) is 9.68 Å². The van der Waals surface area contributed by atoms with Crippen LogP contribution in [0.4, 0.5) is 0 Å². The first-order chi connectivity index (χ1) is 5.78. The van der Waals surface area contributed by atoms with Gasteiger partial charge in [0.2, 0.25) is 0 Å². The standard InChI is InChI=1S/C9H10O3/c1-3-8(7-10)5-6-9(4-2)12-11/h3-7,11H,1-2H2/b8-5+,9-6+. The van der Waals surface area contributed by atoms with E-state index in [1.165, 1.54) is 24.3 Å². The van der Waals surface area contributed by atoms with Gasteiger partial charge in [-0.2, -0.15) is 0 Å². The predicted molar refractivity (Wildman–Crippen MR) is 46.3 cm³/mol. The molecule has 0 aliphatic rings. The summed E-state index contributed by atoms with van der Waals surface area (Å²) in [5.41, 5.74) is 0.395. The van der Waals surface area contributed by atoms with Crippen molar-refractivity contribution in [1.29, 1.82) is 0 Å². The third kappa shape index (κ3) is 3.53. The van der Waals surface area contributed by atoms with Crippen molar-refractivity contribution in [3.63, 3.8) is 0 Å². The van der Waals surface area contributed by atoms with Gasteiger partial charge in [-0.25, -0.2) is 5.26 Å². The molecule has 0 aromatic heterocycles. The Kier molecular flexibility index (Phi) is 5.30. The van der Waals surface area contributed by atoms with Crippen LogP contribution in [0, 0.1) is 0 Å². The van der Waals surface area contributed by atoms with Crippen LogP contribution in [0.3, 0.4) is 0 Å². The van der Waals surface area contributed by atoms with Crippen molar-refractivity contribution >= 4 is 6.29 Å². The molecule has 0 unspecified atom stereocenters. The summed E-state index contributed by atoms with van der Waals surface area (Å²) < 4.78 is 0. The summed E-state index contributed by atoms with van der Waals surface area (Å²) in [6.07, 6.45) is 6.19. The number of hydrogen-bond donors (Lipinski definition) is 1. The Balaban J connectivity index is 4.51. The summed E-state index contributed by atoms with van der Waals surface area (Å²) in [6, 6.07) is 0. The van der Waals surface area contributed by atoms with Gasteiger partial charge >= 0.3 is 0 Å². The van der Waals surface area contributed by atoms with Crippen LogP contribution < -0.4 is 0 Å². The van der Waals surface area contributed by atoms with E-state index in [-0.39, 0.29) is 5.76 Å². The van der Waals surface area contributed by atoms with Gasteiger partial charge in [-0.1, -0.05) is 19.2 Å². The fraction of sp³-hybridized carbons (Fsp3) is 0. The Labute approximate surface area is 70.9 Å². The number of allylic oxidation sites excluding steroid dienone is 5. The molecule has 1 N–H and O–H groups in total. The molecule has 0 aliphatic carbocycles. The zero-order valence-corrected chi connectivity index (χ0v) is 6.56. The molecule has 0 aliphatic heterocycles. The maximum absolute atomic E-state index is 10.2. The minimum Gasteiger partial charge on any atom is -0.340 e. The maximum Gasteiger partial charge on any atom is 0.164 e. The fourth-order valence-corrected chi connectivity index (χ4v) is 0.470. The Hall–Kier alpha value is -1.61. The third-order valence-electron chi connectivity index (χ3n) is 1.12. The molecule has 64 valence electrons. The lowest BCUT2D eigenvalue weighted by Crippen LogP contribution is -1.81. The first-order valence-electron chi connectivity index (χ1n) is 3.22. The summed E-state index contributed by atoms with van der Waals surface area (Å²) >= 11 is 0.